The zero-order valence-electron chi connectivity index (χ0n) is 12.8. The quantitative estimate of drug-likeness (QED) is 0.683. The monoisotopic (exact) mass is 309 g/mol. The first-order valence-corrected chi connectivity index (χ1v) is 7.67. The molecule has 0 bridgehead atoms. The molecule has 2 aromatic carbocycles. The van der Waals surface area contributed by atoms with E-state index in [1.807, 2.05) is 54.9 Å². The number of fused-ring (bicyclic) bond motifs is 1. The van der Waals surface area contributed by atoms with Gasteiger partial charge in [0.1, 0.15) is 5.75 Å². The highest BCUT2D eigenvalue weighted by Crippen LogP contribution is 2.12. The van der Waals surface area contributed by atoms with Crippen LogP contribution in [0.25, 0.3) is 11.0 Å². The minimum absolute atomic E-state index is 0.0397. The fourth-order valence-electron chi connectivity index (χ4n) is 2.38. The molecule has 0 saturated heterocycles. The first kappa shape index (κ1) is 15.1. The van der Waals surface area contributed by atoms with Crippen LogP contribution >= 0.6 is 0 Å². The van der Waals surface area contributed by atoms with Gasteiger partial charge in [0, 0.05) is 13.1 Å². The molecule has 5 nitrogen and oxygen atoms in total. The number of hydrogen-bond acceptors (Lipinski definition) is 3. The van der Waals surface area contributed by atoms with Crippen LogP contribution in [0.2, 0.25) is 0 Å². The van der Waals surface area contributed by atoms with Gasteiger partial charge in [-0.3, -0.25) is 4.79 Å². The molecule has 0 fully saturated rings. The minimum Gasteiger partial charge on any atom is -0.484 e. The normalized spacial score (nSPS) is 10.6. The number of hydrogen-bond donors (Lipinski definition) is 1. The van der Waals surface area contributed by atoms with Crippen molar-refractivity contribution < 1.29 is 9.53 Å². The van der Waals surface area contributed by atoms with Gasteiger partial charge in [0.25, 0.3) is 5.91 Å². The van der Waals surface area contributed by atoms with Gasteiger partial charge in [0.15, 0.2) is 6.61 Å². The number of imidazole rings is 1. The molecule has 0 saturated carbocycles. The molecular formula is C18H19N3O2. The van der Waals surface area contributed by atoms with Gasteiger partial charge >= 0.3 is 0 Å². The van der Waals surface area contributed by atoms with Crippen molar-refractivity contribution >= 4 is 16.9 Å². The van der Waals surface area contributed by atoms with Crippen molar-refractivity contribution in [3.63, 3.8) is 0 Å². The maximum Gasteiger partial charge on any atom is 0.257 e. The number of para-hydroxylation sites is 3. The Morgan fingerprint density at radius 2 is 1.87 bits per heavy atom. The molecule has 0 unspecified atom stereocenters. The summed E-state index contributed by atoms with van der Waals surface area (Å²) in [4.78, 5) is 16.1. The number of benzene rings is 2. The second kappa shape index (κ2) is 7.45. The molecule has 0 aliphatic heterocycles. The Morgan fingerprint density at radius 1 is 1.09 bits per heavy atom. The molecular weight excluding hydrogens is 290 g/mol. The van der Waals surface area contributed by atoms with Crippen molar-refractivity contribution in [2.24, 2.45) is 0 Å². The molecule has 118 valence electrons. The molecule has 1 aromatic heterocycles. The number of amides is 1. The van der Waals surface area contributed by atoms with E-state index in [0.29, 0.717) is 12.3 Å². The number of aryl methyl sites for hydroxylation is 1. The van der Waals surface area contributed by atoms with Gasteiger partial charge in [0.2, 0.25) is 0 Å². The molecule has 23 heavy (non-hydrogen) atoms. The van der Waals surface area contributed by atoms with Gasteiger partial charge in [0.05, 0.1) is 17.4 Å². The summed E-state index contributed by atoms with van der Waals surface area (Å²) in [6.07, 6.45) is 2.68. The van der Waals surface area contributed by atoms with Crippen LogP contribution in [-0.4, -0.2) is 28.6 Å². The Bertz CT molecular complexity index is 768. The molecule has 0 aliphatic rings. The van der Waals surface area contributed by atoms with Crippen LogP contribution in [0.3, 0.4) is 0 Å². The lowest BCUT2D eigenvalue weighted by Crippen LogP contribution is -2.30. The fourth-order valence-corrected chi connectivity index (χ4v) is 2.38. The molecule has 1 amide bonds. The lowest BCUT2D eigenvalue weighted by atomic mass is 10.3. The van der Waals surface area contributed by atoms with Crippen molar-refractivity contribution in [2.45, 2.75) is 13.0 Å². The first-order chi connectivity index (χ1) is 11.3. The summed E-state index contributed by atoms with van der Waals surface area (Å²) in [6, 6.07) is 17.4. The van der Waals surface area contributed by atoms with E-state index in [4.69, 9.17) is 4.74 Å². The molecule has 0 radical (unpaired) electrons. The number of nitrogens with zero attached hydrogens (tertiary/aromatic N) is 2. The van der Waals surface area contributed by atoms with Gasteiger partial charge in [-0.2, -0.15) is 0 Å². The minimum atomic E-state index is -0.107. The van der Waals surface area contributed by atoms with Crippen LogP contribution < -0.4 is 10.1 Å². The summed E-state index contributed by atoms with van der Waals surface area (Å²) in [5.74, 6) is 0.594. The van der Waals surface area contributed by atoms with Crippen molar-refractivity contribution in [1.82, 2.24) is 14.9 Å². The van der Waals surface area contributed by atoms with Crippen molar-refractivity contribution in [3.05, 3.63) is 60.9 Å². The number of rotatable bonds is 7. The molecule has 3 aromatic rings. The standard InChI is InChI=1S/C18H19N3O2/c22-18(13-23-15-7-2-1-3-8-15)19-11-6-12-21-14-20-16-9-4-5-10-17(16)21/h1-5,7-10,14H,6,11-13H2,(H,19,22). The number of carbonyl (C=O) groups excluding carboxylic acids is 1. The lowest BCUT2D eigenvalue weighted by Gasteiger charge is -2.08. The highest BCUT2D eigenvalue weighted by molar-refractivity contribution is 5.77. The van der Waals surface area contributed by atoms with E-state index in [1.165, 1.54) is 0 Å². The average molecular weight is 309 g/mol. The highest BCUT2D eigenvalue weighted by atomic mass is 16.5. The van der Waals surface area contributed by atoms with Crippen LogP contribution in [0.1, 0.15) is 6.42 Å². The SMILES string of the molecule is O=C(COc1ccccc1)NCCCn1cnc2ccccc21. The number of aromatic nitrogens is 2. The summed E-state index contributed by atoms with van der Waals surface area (Å²) in [5, 5.41) is 2.87. The zero-order chi connectivity index (χ0) is 15.9. The molecule has 1 N–H and O–H groups in total. The Kier molecular flexibility index (Phi) is 4.88. The maximum atomic E-state index is 11.7. The third kappa shape index (κ3) is 4.10. The molecule has 1 heterocycles. The highest BCUT2D eigenvalue weighted by Gasteiger charge is 2.03. The van der Waals surface area contributed by atoms with Crippen molar-refractivity contribution in [3.8, 4) is 5.75 Å². The van der Waals surface area contributed by atoms with E-state index in [2.05, 4.69) is 20.9 Å². The Morgan fingerprint density at radius 3 is 2.74 bits per heavy atom. The number of carbonyl (C=O) groups is 1. The summed E-state index contributed by atoms with van der Waals surface area (Å²) in [7, 11) is 0. The largest absolute Gasteiger partial charge is 0.484 e. The van der Waals surface area contributed by atoms with Gasteiger partial charge in [-0.05, 0) is 30.7 Å². The number of ether oxygens (including phenoxy) is 1. The predicted octanol–water partition coefficient (Wildman–Crippen LogP) is 2.62. The van der Waals surface area contributed by atoms with E-state index < -0.39 is 0 Å². The molecule has 5 heteroatoms. The Balaban J connectivity index is 1.39. The van der Waals surface area contributed by atoms with Gasteiger partial charge < -0.3 is 14.6 Å². The van der Waals surface area contributed by atoms with Crippen molar-refractivity contribution in [2.75, 3.05) is 13.2 Å². The molecule has 0 spiro atoms. The van der Waals surface area contributed by atoms with Crippen molar-refractivity contribution in [1.29, 1.82) is 0 Å². The second-order valence-corrected chi connectivity index (χ2v) is 5.23. The van der Waals surface area contributed by atoms with E-state index >= 15 is 0 Å². The Hall–Kier alpha value is -2.82. The first-order valence-electron chi connectivity index (χ1n) is 7.67. The molecule has 0 atom stereocenters. The second-order valence-electron chi connectivity index (χ2n) is 5.23. The Labute approximate surface area is 134 Å². The smallest absolute Gasteiger partial charge is 0.257 e. The van der Waals surface area contributed by atoms with Gasteiger partial charge in [-0.1, -0.05) is 30.3 Å². The van der Waals surface area contributed by atoms with Gasteiger partial charge in [-0.25, -0.2) is 4.98 Å². The van der Waals surface area contributed by atoms with Crippen LogP contribution in [0.15, 0.2) is 60.9 Å². The van der Waals surface area contributed by atoms with Crippen LogP contribution in [-0.2, 0) is 11.3 Å². The molecule has 0 aliphatic carbocycles. The average Bonchev–Trinajstić information content (AvgIpc) is 3.01. The summed E-state index contributed by atoms with van der Waals surface area (Å²) in [5.41, 5.74) is 2.11. The van der Waals surface area contributed by atoms with Crippen LogP contribution in [0, 0.1) is 0 Å². The maximum absolute atomic E-state index is 11.7. The molecule has 3 rings (SSSR count). The van der Waals surface area contributed by atoms with Crippen LogP contribution in [0.5, 0.6) is 5.75 Å². The van der Waals surface area contributed by atoms with E-state index in [9.17, 15) is 4.79 Å². The number of nitrogens with one attached hydrogen (secondary N) is 1. The van der Waals surface area contributed by atoms with E-state index in [1.54, 1.807) is 0 Å². The zero-order valence-corrected chi connectivity index (χ0v) is 12.8. The predicted molar refractivity (Wildman–Crippen MR) is 89.3 cm³/mol. The lowest BCUT2D eigenvalue weighted by molar-refractivity contribution is -0.123. The summed E-state index contributed by atoms with van der Waals surface area (Å²) in [6.45, 7) is 1.47. The summed E-state index contributed by atoms with van der Waals surface area (Å²) < 4.78 is 7.50. The topological polar surface area (TPSA) is 56.1 Å². The van der Waals surface area contributed by atoms with E-state index in [0.717, 1.165) is 24.0 Å². The van der Waals surface area contributed by atoms with Crippen LogP contribution in [0.4, 0.5) is 0 Å². The third-order valence-corrected chi connectivity index (χ3v) is 3.54. The summed E-state index contributed by atoms with van der Waals surface area (Å²) >= 11 is 0. The van der Waals surface area contributed by atoms with Gasteiger partial charge in [-0.15, -0.1) is 0 Å². The van der Waals surface area contributed by atoms with E-state index in [-0.39, 0.29) is 12.5 Å². The third-order valence-electron chi connectivity index (χ3n) is 3.54. The fraction of sp³-hybridized carbons (Fsp3) is 0.222.